The third-order valence-corrected chi connectivity index (χ3v) is 8.65. The second-order valence-electron chi connectivity index (χ2n) is 8.93. The van der Waals surface area contributed by atoms with Gasteiger partial charge in [-0.2, -0.15) is 4.31 Å². The van der Waals surface area contributed by atoms with Gasteiger partial charge in [0.1, 0.15) is 0 Å². The van der Waals surface area contributed by atoms with Crippen LogP contribution in [0.3, 0.4) is 0 Å². The second kappa shape index (κ2) is 7.11. The third kappa shape index (κ3) is 3.37. The normalized spacial score (nSPS) is 24.8. The summed E-state index contributed by atoms with van der Waals surface area (Å²) in [5.41, 5.74) is 0.237. The van der Waals surface area contributed by atoms with Crippen LogP contribution in [0, 0.1) is 0 Å². The lowest BCUT2D eigenvalue weighted by Crippen LogP contribution is -2.60. The number of nitrogens with zero attached hydrogens (tertiary/aromatic N) is 1. The molecule has 1 aromatic rings. The predicted octanol–water partition coefficient (Wildman–Crippen LogP) is 2.71. The SMILES string of the molecule is CC(C)c1ccc(S(=O)(=O)N2CCC3(CC2)NC(=O)C2(CCCCC2)N3)cc1. The van der Waals surface area contributed by atoms with E-state index in [4.69, 9.17) is 0 Å². The van der Waals surface area contributed by atoms with Crippen LogP contribution < -0.4 is 10.6 Å². The number of benzene rings is 1. The smallest absolute Gasteiger partial charge is 0.243 e. The van der Waals surface area contributed by atoms with Crippen molar-refractivity contribution in [2.24, 2.45) is 0 Å². The lowest BCUT2D eigenvalue weighted by Gasteiger charge is -2.40. The molecule has 2 spiro atoms. The molecule has 1 saturated carbocycles. The molecule has 28 heavy (non-hydrogen) atoms. The van der Waals surface area contributed by atoms with Crippen molar-refractivity contribution in [2.75, 3.05) is 13.1 Å². The molecule has 1 aliphatic carbocycles. The zero-order chi connectivity index (χ0) is 20.0. The number of amides is 1. The quantitative estimate of drug-likeness (QED) is 0.810. The topological polar surface area (TPSA) is 78.5 Å². The Bertz CT molecular complexity index is 834. The number of hydrogen-bond acceptors (Lipinski definition) is 4. The van der Waals surface area contributed by atoms with Crippen LogP contribution in [0.2, 0.25) is 0 Å². The number of hydrogen-bond donors (Lipinski definition) is 2. The van der Waals surface area contributed by atoms with Gasteiger partial charge in [-0.3, -0.25) is 10.1 Å². The molecule has 3 fully saturated rings. The van der Waals surface area contributed by atoms with E-state index in [1.165, 1.54) is 6.42 Å². The summed E-state index contributed by atoms with van der Waals surface area (Å²) in [6.07, 6.45) is 6.29. The molecule has 0 radical (unpaired) electrons. The van der Waals surface area contributed by atoms with Crippen molar-refractivity contribution in [3.63, 3.8) is 0 Å². The minimum atomic E-state index is -3.50. The highest BCUT2D eigenvalue weighted by Gasteiger charge is 2.54. The average Bonchev–Trinajstić information content (AvgIpc) is 2.93. The van der Waals surface area contributed by atoms with E-state index in [0.717, 1.165) is 31.2 Å². The highest BCUT2D eigenvalue weighted by atomic mass is 32.2. The first-order valence-electron chi connectivity index (χ1n) is 10.5. The van der Waals surface area contributed by atoms with E-state index in [0.29, 0.717) is 36.7 Å². The molecule has 2 N–H and O–H groups in total. The number of carbonyl (C=O) groups excluding carboxylic acids is 1. The highest BCUT2D eigenvalue weighted by Crippen LogP contribution is 2.38. The summed E-state index contributed by atoms with van der Waals surface area (Å²) in [4.78, 5) is 13.1. The van der Waals surface area contributed by atoms with E-state index in [-0.39, 0.29) is 5.91 Å². The maximum absolute atomic E-state index is 13.0. The van der Waals surface area contributed by atoms with E-state index >= 15 is 0 Å². The molecule has 7 heteroatoms. The van der Waals surface area contributed by atoms with Gasteiger partial charge in [-0.25, -0.2) is 8.42 Å². The van der Waals surface area contributed by atoms with Crippen molar-refractivity contribution in [2.45, 2.75) is 80.8 Å². The lowest BCUT2D eigenvalue weighted by molar-refractivity contribution is -0.125. The van der Waals surface area contributed by atoms with Crippen LogP contribution in [0.15, 0.2) is 29.2 Å². The summed E-state index contributed by atoms with van der Waals surface area (Å²) >= 11 is 0. The monoisotopic (exact) mass is 405 g/mol. The molecule has 1 aromatic carbocycles. The van der Waals surface area contributed by atoms with Gasteiger partial charge >= 0.3 is 0 Å². The van der Waals surface area contributed by atoms with Crippen LogP contribution in [0.4, 0.5) is 0 Å². The molecule has 3 aliphatic rings. The van der Waals surface area contributed by atoms with Crippen molar-refractivity contribution < 1.29 is 13.2 Å². The van der Waals surface area contributed by atoms with Gasteiger partial charge in [0, 0.05) is 13.1 Å². The van der Waals surface area contributed by atoms with Crippen LogP contribution in [0.5, 0.6) is 0 Å². The molecule has 6 nitrogen and oxygen atoms in total. The Kier molecular flexibility index (Phi) is 5.04. The molecule has 0 bridgehead atoms. The fourth-order valence-corrected chi connectivity index (χ4v) is 6.36. The largest absolute Gasteiger partial charge is 0.336 e. The van der Waals surface area contributed by atoms with E-state index in [9.17, 15) is 13.2 Å². The number of piperidine rings is 1. The van der Waals surface area contributed by atoms with E-state index < -0.39 is 21.2 Å². The Hall–Kier alpha value is -1.44. The highest BCUT2D eigenvalue weighted by molar-refractivity contribution is 7.89. The molecule has 2 saturated heterocycles. The summed E-state index contributed by atoms with van der Waals surface area (Å²) in [5.74, 6) is 0.476. The second-order valence-corrected chi connectivity index (χ2v) is 10.9. The number of rotatable bonds is 3. The first-order valence-corrected chi connectivity index (χ1v) is 11.9. The lowest BCUT2D eigenvalue weighted by atomic mass is 9.81. The summed E-state index contributed by atoms with van der Waals surface area (Å²) < 4.78 is 27.7. The summed E-state index contributed by atoms with van der Waals surface area (Å²) in [6.45, 7) is 5.01. The molecule has 154 valence electrons. The minimum absolute atomic E-state index is 0.104. The van der Waals surface area contributed by atoms with Crippen molar-refractivity contribution in [1.82, 2.24) is 14.9 Å². The number of nitrogens with one attached hydrogen (secondary N) is 2. The Morgan fingerprint density at radius 2 is 1.57 bits per heavy atom. The molecule has 1 amide bonds. The fraction of sp³-hybridized carbons (Fsp3) is 0.667. The van der Waals surface area contributed by atoms with Gasteiger partial charge in [0.15, 0.2) is 0 Å². The van der Waals surface area contributed by atoms with E-state index in [2.05, 4.69) is 24.5 Å². The van der Waals surface area contributed by atoms with Gasteiger partial charge in [0.2, 0.25) is 15.9 Å². The molecular weight excluding hydrogens is 374 g/mol. The average molecular weight is 406 g/mol. The Morgan fingerprint density at radius 3 is 2.14 bits per heavy atom. The van der Waals surface area contributed by atoms with Gasteiger partial charge in [-0.15, -0.1) is 0 Å². The van der Waals surface area contributed by atoms with Crippen LogP contribution in [-0.2, 0) is 14.8 Å². The maximum atomic E-state index is 13.0. The Labute approximate surface area is 168 Å². The summed E-state index contributed by atoms with van der Waals surface area (Å²) in [7, 11) is -3.50. The first kappa shape index (κ1) is 19.9. The van der Waals surface area contributed by atoms with Crippen LogP contribution in [-0.4, -0.2) is 42.9 Å². The summed E-state index contributed by atoms with van der Waals surface area (Å²) in [6, 6.07) is 7.21. The fourth-order valence-electron chi connectivity index (χ4n) is 4.92. The number of carbonyl (C=O) groups is 1. The van der Waals surface area contributed by atoms with Crippen molar-refractivity contribution in [1.29, 1.82) is 0 Å². The maximum Gasteiger partial charge on any atom is 0.243 e. The van der Waals surface area contributed by atoms with Crippen molar-refractivity contribution >= 4 is 15.9 Å². The molecule has 0 aromatic heterocycles. The van der Waals surface area contributed by atoms with Crippen molar-refractivity contribution in [3.8, 4) is 0 Å². The third-order valence-electron chi connectivity index (χ3n) is 6.73. The Balaban J connectivity index is 1.46. The van der Waals surface area contributed by atoms with Gasteiger partial charge in [0.25, 0.3) is 0 Å². The number of sulfonamides is 1. The van der Waals surface area contributed by atoms with Crippen LogP contribution in [0.1, 0.15) is 70.3 Å². The Morgan fingerprint density at radius 1 is 0.964 bits per heavy atom. The van der Waals surface area contributed by atoms with Gasteiger partial charge < -0.3 is 5.32 Å². The van der Waals surface area contributed by atoms with Gasteiger partial charge in [-0.1, -0.05) is 45.2 Å². The van der Waals surface area contributed by atoms with E-state index in [1.807, 2.05) is 12.1 Å². The molecular formula is C21H31N3O3S. The van der Waals surface area contributed by atoms with E-state index in [1.54, 1.807) is 16.4 Å². The molecule has 2 heterocycles. The minimum Gasteiger partial charge on any atom is -0.336 e. The predicted molar refractivity (Wildman–Crippen MR) is 108 cm³/mol. The van der Waals surface area contributed by atoms with Crippen LogP contribution in [0.25, 0.3) is 0 Å². The van der Waals surface area contributed by atoms with Gasteiger partial charge in [-0.05, 0) is 49.3 Å². The first-order chi connectivity index (χ1) is 13.3. The standard InChI is InChI=1S/C21H31N3O3S/c1-16(2)17-6-8-18(9-7-17)28(26,27)24-14-12-21(13-15-24)22-19(25)20(23-21)10-4-3-5-11-20/h6-9,16,23H,3-5,10-15H2,1-2H3,(H,22,25). The summed E-state index contributed by atoms with van der Waals surface area (Å²) in [5, 5.41) is 6.81. The van der Waals surface area contributed by atoms with Crippen LogP contribution >= 0.6 is 0 Å². The zero-order valence-corrected chi connectivity index (χ0v) is 17.6. The molecule has 2 aliphatic heterocycles. The molecule has 0 atom stereocenters. The zero-order valence-electron chi connectivity index (χ0n) is 16.8. The van der Waals surface area contributed by atoms with Gasteiger partial charge in [0.05, 0.1) is 16.1 Å². The van der Waals surface area contributed by atoms with Crippen molar-refractivity contribution in [3.05, 3.63) is 29.8 Å². The molecule has 0 unspecified atom stereocenters. The molecule has 4 rings (SSSR count).